The highest BCUT2D eigenvalue weighted by Crippen LogP contribution is 1.87. The van der Waals surface area contributed by atoms with Gasteiger partial charge in [0.2, 0.25) is 5.91 Å². The highest BCUT2D eigenvalue weighted by atomic mass is 16.2. The van der Waals surface area contributed by atoms with Gasteiger partial charge in [-0.1, -0.05) is 6.92 Å². The molecular weight excluding hydrogens is 142 g/mol. The minimum atomic E-state index is 0.104. The van der Waals surface area contributed by atoms with E-state index < -0.39 is 0 Å². The molecule has 0 atom stereocenters. The normalized spacial score (nSPS) is 19.7. The second-order valence-corrected chi connectivity index (χ2v) is 2.63. The van der Waals surface area contributed by atoms with Gasteiger partial charge < -0.3 is 5.32 Å². The number of carbonyl (C=O) groups is 1. The number of carbonyl (C=O) groups excluding carboxylic acids is 1. The van der Waals surface area contributed by atoms with Gasteiger partial charge in [-0.3, -0.25) is 10.2 Å². The van der Waals surface area contributed by atoms with Gasteiger partial charge >= 0.3 is 0 Å². The van der Waals surface area contributed by atoms with E-state index in [1.807, 2.05) is 11.9 Å². The molecule has 0 radical (unpaired) electrons. The third-order valence-corrected chi connectivity index (χ3v) is 1.72. The molecule has 0 aliphatic carbocycles. The number of nitrogens with zero attached hydrogens (tertiary/aromatic N) is 1. The third-order valence-electron chi connectivity index (χ3n) is 1.72. The summed E-state index contributed by atoms with van der Waals surface area (Å²) < 4.78 is 0. The summed E-state index contributed by atoms with van der Waals surface area (Å²) in [4.78, 5) is 10.9. The molecule has 0 unspecified atom stereocenters. The molecular formula is C7H15N3O. The van der Waals surface area contributed by atoms with Crippen LogP contribution in [-0.2, 0) is 4.79 Å². The predicted molar refractivity (Wildman–Crippen MR) is 42.9 cm³/mol. The Bertz CT molecular complexity index is 132. The van der Waals surface area contributed by atoms with Gasteiger partial charge in [-0.05, 0) is 0 Å². The molecule has 1 heterocycles. The fourth-order valence-electron chi connectivity index (χ4n) is 1.03. The number of hydrazine groups is 1. The van der Waals surface area contributed by atoms with E-state index >= 15 is 0 Å². The second kappa shape index (κ2) is 4.31. The average molecular weight is 157 g/mol. The van der Waals surface area contributed by atoms with E-state index in [0.29, 0.717) is 6.42 Å². The zero-order valence-electron chi connectivity index (χ0n) is 6.89. The molecule has 1 amide bonds. The lowest BCUT2D eigenvalue weighted by molar-refractivity contribution is -0.125. The number of hydrogen-bond acceptors (Lipinski definition) is 3. The summed E-state index contributed by atoms with van der Waals surface area (Å²) in [7, 11) is 0. The number of nitrogens with one attached hydrogen (secondary N) is 2. The van der Waals surface area contributed by atoms with E-state index in [2.05, 4.69) is 10.7 Å². The Kier molecular flexibility index (Phi) is 3.32. The number of piperazine rings is 1. The molecule has 0 saturated carbocycles. The van der Waals surface area contributed by atoms with E-state index in [0.717, 1.165) is 26.2 Å². The molecule has 0 aromatic rings. The van der Waals surface area contributed by atoms with Gasteiger partial charge in [0, 0.05) is 32.6 Å². The zero-order chi connectivity index (χ0) is 8.10. The summed E-state index contributed by atoms with van der Waals surface area (Å²) in [5.74, 6) is 0.104. The molecule has 2 N–H and O–H groups in total. The maximum atomic E-state index is 10.9. The van der Waals surface area contributed by atoms with Crippen LogP contribution in [-0.4, -0.2) is 37.1 Å². The predicted octanol–water partition coefficient (Wildman–Crippen LogP) is -0.667. The minimum Gasteiger partial charge on any atom is -0.314 e. The van der Waals surface area contributed by atoms with Crippen LogP contribution in [0.2, 0.25) is 0 Å². The van der Waals surface area contributed by atoms with Crippen LogP contribution in [0.5, 0.6) is 0 Å². The van der Waals surface area contributed by atoms with Crippen molar-refractivity contribution in [1.29, 1.82) is 0 Å². The summed E-state index contributed by atoms with van der Waals surface area (Å²) in [6, 6.07) is 0. The number of amides is 1. The van der Waals surface area contributed by atoms with Crippen molar-refractivity contribution in [1.82, 2.24) is 15.8 Å². The van der Waals surface area contributed by atoms with Crippen LogP contribution in [0.3, 0.4) is 0 Å². The minimum absolute atomic E-state index is 0.104. The molecule has 1 saturated heterocycles. The van der Waals surface area contributed by atoms with E-state index in [1.165, 1.54) is 0 Å². The van der Waals surface area contributed by atoms with Crippen LogP contribution in [0, 0.1) is 0 Å². The van der Waals surface area contributed by atoms with Crippen LogP contribution >= 0.6 is 0 Å². The first-order valence-electron chi connectivity index (χ1n) is 4.08. The van der Waals surface area contributed by atoms with Crippen molar-refractivity contribution in [2.24, 2.45) is 0 Å². The van der Waals surface area contributed by atoms with Crippen molar-refractivity contribution in [2.75, 3.05) is 26.2 Å². The van der Waals surface area contributed by atoms with Crippen molar-refractivity contribution >= 4 is 5.91 Å². The quantitative estimate of drug-likeness (QED) is 0.559. The molecule has 64 valence electrons. The Morgan fingerprint density at radius 1 is 1.55 bits per heavy atom. The molecule has 0 aromatic heterocycles. The Balaban J connectivity index is 2.19. The SMILES string of the molecule is CCC(=O)NN1CCNCC1. The lowest BCUT2D eigenvalue weighted by atomic mass is 10.4. The lowest BCUT2D eigenvalue weighted by Gasteiger charge is -2.27. The molecule has 0 bridgehead atoms. The monoisotopic (exact) mass is 157 g/mol. The molecule has 0 aromatic carbocycles. The van der Waals surface area contributed by atoms with Crippen molar-refractivity contribution in [3.63, 3.8) is 0 Å². The van der Waals surface area contributed by atoms with Crippen LogP contribution < -0.4 is 10.7 Å². The smallest absolute Gasteiger partial charge is 0.233 e. The number of hydrogen-bond donors (Lipinski definition) is 2. The molecule has 1 aliphatic heterocycles. The maximum absolute atomic E-state index is 10.9. The standard InChI is InChI=1S/C7H15N3O/c1-2-7(11)9-10-5-3-8-4-6-10/h8H,2-6H2,1H3,(H,9,11). The summed E-state index contributed by atoms with van der Waals surface area (Å²) in [6.45, 7) is 5.60. The second-order valence-electron chi connectivity index (χ2n) is 2.63. The first kappa shape index (κ1) is 8.49. The molecule has 1 rings (SSSR count). The summed E-state index contributed by atoms with van der Waals surface area (Å²) in [5.41, 5.74) is 2.82. The summed E-state index contributed by atoms with van der Waals surface area (Å²) >= 11 is 0. The number of rotatable bonds is 2. The van der Waals surface area contributed by atoms with Gasteiger partial charge in [-0.25, -0.2) is 5.01 Å². The largest absolute Gasteiger partial charge is 0.314 e. The lowest BCUT2D eigenvalue weighted by Crippen LogP contribution is -2.52. The first-order valence-corrected chi connectivity index (χ1v) is 4.08. The maximum Gasteiger partial charge on any atom is 0.233 e. The van der Waals surface area contributed by atoms with E-state index in [-0.39, 0.29) is 5.91 Å². The van der Waals surface area contributed by atoms with Gasteiger partial charge in [-0.15, -0.1) is 0 Å². The van der Waals surface area contributed by atoms with E-state index in [4.69, 9.17) is 0 Å². The van der Waals surface area contributed by atoms with E-state index in [9.17, 15) is 4.79 Å². The zero-order valence-corrected chi connectivity index (χ0v) is 6.89. The van der Waals surface area contributed by atoms with Crippen molar-refractivity contribution in [2.45, 2.75) is 13.3 Å². The van der Waals surface area contributed by atoms with Crippen molar-refractivity contribution < 1.29 is 4.79 Å². The fraction of sp³-hybridized carbons (Fsp3) is 0.857. The van der Waals surface area contributed by atoms with Crippen molar-refractivity contribution in [3.05, 3.63) is 0 Å². The Morgan fingerprint density at radius 2 is 2.18 bits per heavy atom. The van der Waals surface area contributed by atoms with Gasteiger partial charge in [-0.2, -0.15) is 0 Å². The van der Waals surface area contributed by atoms with Crippen LogP contribution in [0.15, 0.2) is 0 Å². The van der Waals surface area contributed by atoms with Crippen molar-refractivity contribution in [3.8, 4) is 0 Å². The summed E-state index contributed by atoms with van der Waals surface area (Å²) in [5, 5.41) is 5.17. The molecule has 4 heteroatoms. The Morgan fingerprint density at radius 3 is 2.73 bits per heavy atom. The molecule has 1 fully saturated rings. The van der Waals surface area contributed by atoms with Gasteiger partial charge in [0.05, 0.1) is 0 Å². The van der Waals surface area contributed by atoms with E-state index in [1.54, 1.807) is 0 Å². The molecule has 1 aliphatic rings. The van der Waals surface area contributed by atoms with Gasteiger partial charge in [0.15, 0.2) is 0 Å². The Hall–Kier alpha value is -0.610. The third kappa shape index (κ3) is 2.86. The topological polar surface area (TPSA) is 44.4 Å². The van der Waals surface area contributed by atoms with Gasteiger partial charge in [0.25, 0.3) is 0 Å². The first-order chi connectivity index (χ1) is 5.33. The average Bonchev–Trinajstić information content (AvgIpc) is 2.06. The Labute approximate surface area is 66.9 Å². The fourth-order valence-corrected chi connectivity index (χ4v) is 1.03. The summed E-state index contributed by atoms with van der Waals surface area (Å²) in [6.07, 6.45) is 0.559. The highest BCUT2D eigenvalue weighted by Gasteiger charge is 2.10. The van der Waals surface area contributed by atoms with Gasteiger partial charge in [0.1, 0.15) is 0 Å². The van der Waals surface area contributed by atoms with Crippen LogP contribution in [0.25, 0.3) is 0 Å². The molecule has 4 nitrogen and oxygen atoms in total. The van der Waals surface area contributed by atoms with Crippen LogP contribution in [0.1, 0.15) is 13.3 Å². The van der Waals surface area contributed by atoms with Crippen LogP contribution in [0.4, 0.5) is 0 Å². The highest BCUT2D eigenvalue weighted by molar-refractivity contribution is 5.74. The molecule has 11 heavy (non-hydrogen) atoms. The molecule has 0 spiro atoms.